The molecule has 0 amide bonds. The number of piperidine rings is 1. The number of halogens is 2. The van der Waals surface area contributed by atoms with Crippen molar-refractivity contribution in [3.63, 3.8) is 0 Å². The van der Waals surface area contributed by atoms with E-state index in [1.807, 2.05) is 4.90 Å². The normalized spacial score (nSPS) is 18.1. The minimum absolute atomic E-state index is 0.168. The van der Waals surface area contributed by atoms with Crippen LogP contribution in [0, 0.1) is 17.1 Å². The molecule has 0 unspecified atom stereocenters. The minimum atomic E-state index is -0.659. The van der Waals surface area contributed by atoms with Crippen LogP contribution in [0.5, 0.6) is 0 Å². The third-order valence-electron chi connectivity index (χ3n) is 3.88. The summed E-state index contributed by atoms with van der Waals surface area (Å²) in [7, 11) is 1.64. The second-order valence-corrected chi connectivity index (χ2v) is 5.67. The fourth-order valence-corrected chi connectivity index (χ4v) is 2.97. The van der Waals surface area contributed by atoms with E-state index in [1.165, 1.54) is 6.07 Å². The van der Waals surface area contributed by atoms with E-state index in [0.717, 1.165) is 12.8 Å². The van der Waals surface area contributed by atoms with Crippen LogP contribution in [-0.4, -0.2) is 44.4 Å². The van der Waals surface area contributed by atoms with E-state index in [0.29, 0.717) is 31.3 Å². The molecular formula is C16H20ClFN2O2. The van der Waals surface area contributed by atoms with Crippen LogP contribution in [0.1, 0.15) is 24.4 Å². The monoisotopic (exact) mass is 326 g/mol. The van der Waals surface area contributed by atoms with Crippen LogP contribution in [0.2, 0.25) is 5.02 Å². The molecule has 1 heterocycles. The maximum atomic E-state index is 14.0. The van der Waals surface area contributed by atoms with Crippen molar-refractivity contribution in [2.24, 2.45) is 0 Å². The molecular weight excluding hydrogens is 307 g/mol. The first kappa shape index (κ1) is 17.2. The molecule has 1 fully saturated rings. The molecule has 1 aliphatic rings. The van der Waals surface area contributed by atoms with Gasteiger partial charge in [-0.1, -0.05) is 17.7 Å². The molecule has 0 spiro atoms. The molecule has 1 aromatic carbocycles. The first-order chi connectivity index (χ1) is 10.7. The Bertz CT molecular complexity index is 507. The Balaban J connectivity index is 1.98. The first-order valence-electron chi connectivity index (χ1n) is 7.35. The van der Waals surface area contributed by atoms with Gasteiger partial charge in [-0.15, -0.1) is 0 Å². The van der Waals surface area contributed by atoms with E-state index in [4.69, 9.17) is 21.1 Å². The summed E-state index contributed by atoms with van der Waals surface area (Å²) in [5.74, 6) is -0.433. The van der Waals surface area contributed by atoms with Gasteiger partial charge in [0.1, 0.15) is 11.9 Å². The zero-order valence-electron chi connectivity index (χ0n) is 12.6. The third-order valence-corrected chi connectivity index (χ3v) is 4.21. The largest absolute Gasteiger partial charge is 0.382 e. The number of nitriles is 1. The third kappa shape index (κ3) is 4.17. The van der Waals surface area contributed by atoms with Gasteiger partial charge in [0, 0.05) is 30.8 Å². The summed E-state index contributed by atoms with van der Waals surface area (Å²) in [4.78, 5) is 1.96. The summed E-state index contributed by atoms with van der Waals surface area (Å²) in [5.41, 5.74) is 0.269. The summed E-state index contributed by atoms with van der Waals surface area (Å²) in [6.07, 6.45) is 1.80. The van der Waals surface area contributed by atoms with Crippen molar-refractivity contribution in [2.75, 3.05) is 33.4 Å². The van der Waals surface area contributed by atoms with Crippen molar-refractivity contribution < 1.29 is 13.9 Å². The Morgan fingerprint density at radius 3 is 2.73 bits per heavy atom. The lowest BCUT2D eigenvalue weighted by Crippen LogP contribution is -2.39. The van der Waals surface area contributed by atoms with Crippen LogP contribution in [0.3, 0.4) is 0 Å². The zero-order valence-corrected chi connectivity index (χ0v) is 13.4. The van der Waals surface area contributed by atoms with Crippen molar-refractivity contribution in [1.29, 1.82) is 5.26 Å². The lowest BCUT2D eigenvalue weighted by molar-refractivity contribution is -0.0182. The van der Waals surface area contributed by atoms with Crippen molar-refractivity contribution >= 4 is 11.6 Å². The van der Waals surface area contributed by atoms with E-state index < -0.39 is 11.9 Å². The van der Waals surface area contributed by atoms with E-state index in [1.54, 1.807) is 19.2 Å². The van der Waals surface area contributed by atoms with Gasteiger partial charge in [0.15, 0.2) is 0 Å². The second-order valence-electron chi connectivity index (χ2n) is 5.27. The lowest BCUT2D eigenvalue weighted by Gasteiger charge is -2.35. The highest BCUT2D eigenvalue weighted by Gasteiger charge is 2.29. The van der Waals surface area contributed by atoms with Crippen LogP contribution >= 0.6 is 11.6 Å². The standard InChI is InChI=1S/C16H20ClFN2O2/c1-21-9-10-22-12-5-7-20(8-6-12)15(11-19)16-13(17)3-2-4-14(16)18/h2-4,12,15H,5-10H2,1H3/t15-/m1/s1. The van der Waals surface area contributed by atoms with Crippen molar-refractivity contribution in [3.05, 3.63) is 34.6 Å². The Morgan fingerprint density at radius 2 is 2.14 bits per heavy atom. The van der Waals surface area contributed by atoms with E-state index >= 15 is 0 Å². The number of methoxy groups -OCH3 is 1. The second kappa shape index (κ2) is 8.44. The number of nitrogens with zero attached hydrogens (tertiary/aromatic N) is 2. The SMILES string of the molecule is COCCOC1CCN([C@H](C#N)c2c(F)cccc2Cl)CC1. The van der Waals surface area contributed by atoms with Gasteiger partial charge in [-0.2, -0.15) is 5.26 Å². The summed E-state index contributed by atoms with van der Waals surface area (Å²) < 4.78 is 24.7. The molecule has 0 aromatic heterocycles. The molecule has 0 saturated carbocycles. The van der Waals surface area contributed by atoms with E-state index in [-0.39, 0.29) is 11.7 Å². The highest BCUT2D eigenvalue weighted by Crippen LogP contribution is 2.31. The fourth-order valence-electron chi connectivity index (χ4n) is 2.70. The van der Waals surface area contributed by atoms with Crippen molar-refractivity contribution in [2.45, 2.75) is 25.0 Å². The van der Waals surface area contributed by atoms with Crippen LogP contribution in [-0.2, 0) is 9.47 Å². The fraction of sp³-hybridized carbons (Fsp3) is 0.562. The van der Waals surface area contributed by atoms with Crippen LogP contribution in [0.15, 0.2) is 18.2 Å². The van der Waals surface area contributed by atoms with Crippen molar-refractivity contribution in [3.8, 4) is 6.07 Å². The maximum absolute atomic E-state index is 14.0. The van der Waals surface area contributed by atoms with Gasteiger partial charge in [0.05, 0.1) is 25.4 Å². The molecule has 6 heteroatoms. The van der Waals surface area contributed by atoms with Gasteiger partial charge >= 0.3 is 0 Å². The number of likely N-dealkylation sites (tertiary alicyclic amines) is 1. The number of ether oxygens (including phenoxy) is 2. The van der Waals surface area contributed by atoms with Gasteiger partial charge in [-0.05, 0) is 25.0 Å². The molecule has 1 saturated heterocycles. The summed E-state index contributed by atoms with van der Waals surface area (Å²) in [5, 5.41) is 9.75. The first-order valence-corrected chi connectivity index (χ1v) is 7.73. The minimum Gasteiger partial charge on any atom is -0.382 e. The predicted octanol–water partition coefficient (Wildman–Crippen LogP) is 3.17. The molecule has 0 aliphatic carbocycles. The quantitative estimate of drug-likeness (QED) is 0.753. The van der Waals surface area contributed by atoms with Crippen LogP contribution < -0.4 is 0 Å². The predicted molar refractivity (Wildman–Crippen MR) is 82.2 cm³/mol. The molecule has 0 bridgehead atoms. The molecule has 4 nitrogen and oxygen atoms in total. The van der Waals surface area contributed by atoms with E-state index in [9.17, 15) is 9.65 Å². The average molecular weight is 327 g/mol. The summed E-state index contributed by atoms with van der Waals surface area (Å²) in [6, 6.07) is 6.02. The Labute approximate surface area is 135 Å². The number of benzene rings is 1. The molecule has 2 rings (SSSR count). The molecule has 1 atom stereocenters. The molecule has 120 valence electrons. The zero-order chi connectivity index (χ0) is 15.9. The van der Waals surface area contributed by atoms with Gasteiger partial charge in [-0.25, -0.2) is 4.39 Å². The Kier molecular flexibility index (Phi) is 6.59. The Hall–Kier alpha value is -1.19. The van der Waals surface area contributed by atoms with Gasteiger partial charge in [0.25, 0.3) is 0 Å². The number of hydrogen-bond acceptors (Lipinski definition) is 4. The van der Waals surface area contributed by atoms with Gasteiger partial charge in [-0.3, -0.25) is 4.90 Å². The lowest BCUT2D eigenvalue weighted by atomic mass is 10.0. The summed E-state index contributed by atoms with van der Waals surface area (Å²) in [6.45, 7) is 2.51. The molecule has 0 N–H and O–H groups in total. The Morgan fingerprint density at radius 1 is 1.41 bits per heavy atom. The molecule has 1 aromatic rings. The molecule has 0 radical (unpaired) electrons. The van der Waals surface area contributed by atoms with Crippen LogP contribution in [0.4, 0.5) is 4.39 Å². The maximum Gasteiger partial charge on any atom is 0.130 e. The topological polar surface area (TPSA) is 45.5 Å². The number of rotatable bonds is 6. The summed E-state index contributed by atoms with van der Waals surface area (Å²) >= 11 is 6.08. The van der Waals surface area contributed by atoms with Crippen molar-refractivity contribution in [1.82, 2.24) is 4.90 Å². The average Bonchev–Trinajstić information content (AvgIpc) is 2.52. The van der Waals surface area contributed by atoms with Gasteiger partial charge in [0.2, 0.25) is 0 Å². The smallest absolute Gasteiger partial charge is 0.130 e. The molecule has 22 heavy (non-hydrogen) atoms. The highest BCUT2D eigenvalue weighted by atomic mass is 35.5. The highest BCUT2D eigenvalue weighted by molar-refractivity contribution is 6.31. The van der Waals surface area contributed by atoms with Gasteiger partial charge < -0.3 is 9.47 Å². The van der Waals surface area contributed by atoms with Crippen LogP contribution in [0.25, 0.3) is 0 Å². The molecule has 1 aliphatic heterocycles. The van der Waals surface area contributed by atoms with E-state index in [2.05, 4.69) is 6.07 Å². The number of hydrogen-bond donors (Lipinski definition) is 0.